The highest BCUT2D eigenvalue weighted by atomic mass is 19.1. The number of urea groups is 1. The van der Waals surface area contributed by atoms with E-state index in [2.05, 4.69) is 10.3 Å². The fourth-order valence-corrected chi connectivity index (χ4v) is 4.61. The number of likely N-dealkylation sites (tertiary alicyclic amines) is 1. The van der Waals surface area contributed by atoms with Crippen molar-refractivity contribution in [1.82, 2.24) is 9.88 Å². The lowest BCUT2D eigenvalue weighted by Crippen LogP contribution is -2.41. The van der Waals surface area contributed by atoms with Crippen LogP contribution in [0.1, 0.15) is 12.8 Å². The fraction of sp³-hybridized carbons (Fsp3) is 0.286. The van der Waals surface area contributed by atoms with Gasteiger partial charge in [-0.05, 0) is 55.3 Å². The maximum Gasteiger partial charge on any atom is 0.323 e. The van der Waals surface area contributed by atoms with Crippen molar-refractivity contribution in [3.05, 3.63) is 72.4 Å². The summed E-state index contributed by atoms with van der Waals surface area (Å²) >= 11 is 0. The summed E-state index contributed by atoms with van der Waals surface area (Å²) in [5.74, 6) is -2.45. The summed E-state index contributed by atoms with van der Waals surface area (Å²) in [5.41, 5.74) is 4.02. The number of carbonyl (C=O) groups excluding carboxylic acids is 3. The first kappa shape index (κ1) is 27.9. The molecule has 3 aromatic rings. The van der Waals surface area contributed by atoms with Gasteiger partial charge in [-0.3, -0.25) is 19.8 Å². The van der Waals surface area contributed by atoms with Gasteiger partial charge in [0.2, 0.25) is 11.8 Å². The summed E-state index contributed by atoms with van der Waals surface area (Å²) in [6.45, 7) is 0.313. The number of aliphatic hydroxyl groups excluding tert-OH is 1. The van der Waals surface area contributed by atoms with E-state index < -0.39 is 47.1 Å². The molecule has 2 aliphatic rings. The Morgan fingerprint density at radius 3 is 2.39 bits per heavy atom. The van der Waals surface area contributed by atoms with Crippen molar-refractivity contribution in [1.29, 1.82) is 0 Å². The molecule has 1 aliphatic heterocycles. The van der Waals surface area contributed by atoms with Gasteiger partial charge in [-0.1, -0.05) is 0 Å². The number of carbonyl (C=O) groups is 3. The van der Waals surface area contributed by atoms with Crippen LogP contribution in [0.15, 0.2) is 60.8 Å². The second kappa shape index (κ2) is 11.1. The van der Waals surface area contributed by atoms with Gasteiger partial charge in [0.1, 0.15) is 34.7 Å². The first-order valence-electron chi connectivity index (χ1n) is 12.7. The Kier molecular flexibility index (Phi) is 7.56. The molecule has 2 unspecified atom stereocenters. The van der Waals surface area contributed by atoms with Crippen molar-refractivity contribution in [3.63, 3.8) is 0 Å². The Labute approximate surface area is 233 Å². The molecular formula is C28H27F2N5O6. The SMILES string of the molecule is COC1CN(C(=O)Nc2cc(Oc3ccc(N(C(=O)C4(C(N)=O)CC4)c4ccc(F)cc4)c(F)c3)ccn2)CC1O. The molecule has 214 valence electrons. The zero-order valence-electron chi connectivity index (χ0n) is 21.9. The smallest absolute Gasteiger partial charge is 0.323 e. The van der Waals surface area contributed by atoms with E-state index in [-0.39, 0.29) is 54.6 Å². The minimum atomic E-state index is -1.45. The summed E-state index contributed by atoms with van der Waals surface area (Å²) in [6, 6.07) is 11.1. The Bertz CT molecular complexity index is 1480. The summed E-state index contributed by atoms with van der Waals surface area (Å²) in [4.78, 5) is 44.6. The summed E-state index contributed by atoms with van der Waals surface area (Å²) in [5, 5.41) is 12.6. The number of benzene rings is 2. The zero-order chi connectivity index (χ0) is 29.3. The zero-order valence-corrected chi connectivity index (χ0v) is 21.9. The van der Waals surface area contributed by atoms with Crippen molar-refractivity contribution in [2.45, 2.75) is 25.0 Å². The Morgan fingerprint density at radius 2 is 1.78 bits per heavy atom. The van der Waals surface area contributed by atoms with E-state index in [9.17, 15) is 23.9 Å². The van der Waals surface area contributed by atoms with Crippen molar-refractivity contribution in [2.24, 2.45) is 11.1 Å². The van der Waals surface area contributed by atoms with Crippen molar-refractivity contribution >= 4 is 35.0 Å². The van der Waals surface area contributed by atoms with Gasteiger partial charge in [-0.25, -0.2) is 18.6 Å². The number of β-amino-alcohol motifs (C(OH)–C–C–N with tert-alkyl or cyclic N) is 1. The van der Waals surface area contributed by atoms with Crippen LogP contribution in [0.5, 0.6) is 11.5 Å². The predicted octanol–water partition coefficient (Wildman–Crippen LogP) is 3.31. The predicted molar refractivity (Wildman–Crippen MR) is 143 cm³/mol. The molecule has 5 rings (SSSR count). The van der Waals surface area contributed by atoms with Gasteiger partial charge in [0.05, 0.1) is 24.9 Å². The minimum Gasteiger partial charge on any atom is -0.457 e. The van der Waals surface area contributed by atoms with E-state index in [1.54, 1.807) is 0 Å². The fourth-order valence-electron chi connectivity index (χ4n) is 4.61. The van der Waals surface area contributed by atoms with E-state index >= 15 is 4.39 Å². The van der Waals surface area contributed by atoms with Crippen LogP contribution < -0.4 is 20.7 Å². The number of halogens is 2. The number of pyridine rings is 1. The third-order valence-corrected chi connectivity index (χ3v) is 7.11. The lowest BCUT2D eigenvalue weighted by molar-refractivity contribution is -0.133. The molecule has 11 nitrogen and oxygen atoms in total. The minimum absolute atomic E-state index is 0.0721. The Balaban J connectivity index is 1.34. The van der Waals surface area contributed by atoms with E-state index in [1.165, 1.54) is 54.6 Å². The third-order valence-electron chi connectivity index (χ3n) is 7.11. The standard InChI is InChI=1S/C28H27F2N5O6/c1-40-23-15-34(14-22(23)36)27(39)33-24-13-19(8-11-32-24)41-18-6-7-21(20(30)12-18)35(17-4-2-16(29)3-5-17)26(38)28(9-10-28)25(31)37/h2-8,11-13,22-23,36H,9-10,14-15H2,1H3,(H2,31,37)(H,32,33,39). The van der Waals surface area contributed by atoms with Gasteiger partial charge in [0.15, 0.2) is 5.82 Å². The van der Waals surface area contributed by atoms with E-state index in [4.69, 9.17) is 15.2 Å². The summed E-state index contributed by atoms with van der Waals surface area (Å²) in [7, 11) is 1.45. The number of amides is 4. The molecule has 41 heavy (non-hydrogen) atoms. The molecule has 1 aliphatic carbocycles. The maximum atomic E-state index is 15.5. The molecule has 2 fully saturated rings. The number of nitrogens with two attached hydrogens (primary N) is 1. The number of ether oxygens (including phenoxy) is 2. The van der Waals surface area contributed by atoms with Gasteiger partial charge in [0, 0.05) is 31.1 Å². The van der Waals surface area contributed by atoms with E-state index in [0.717, 1.165) is 23.1 Å². The molecule has 0 bridgehead atoms. The first-order valence-corrected chi connectivity index (χ1v) is 12.7. The number of nitrogens with zero attached hydrogens (tertiary/aromatic N) is 3. The molecule has 0 radical (unpaired) electrons. The Morgan fingerprint density at radius 1 is 1.07 bits per heavy atom. The van der Waals surface area contributed by atoms with Crippen molar-refractivity contribution in [2.75, 3.05) is 30.4 Å². The number of aliphatic hydroxyl groups is 1. The number of aromatic nitrogens is 1. The molecule has 1 saturated heterocycles. The maximum absolute atomic E-state index is 15.5. The van der Waals surface area contributed by atoms with Crippen LogP contribution in [0, 0.1) is 17.0 Å². The van der Waals surface area contributed by atoms with Crippen LogP contribution in [-0.2, 0) is 14.3 Å². The largest absolute Gasteiger partial charge is 0.457 e. The van der Waals surface area contributed by atoms with Crippen LogP contribution in [0.4, 0.5) is 30.8 Å². The molecular weight excluding hydrogens is 540 g/mol. The van der Waals surface area contributed by atoms with Gasteiger partial charge in [0.25, 0.3) is 0 Å². The molecule has 1 saturated carbocycles. The van der Waals surface area contributed by atoms with Crippen LogP contribution in [0.2, 0.25) is 0 Å². The highest BCUT2D eigenvalue weighted by molar-refractivity contribution is 6.16. The van der Waals surface area contributed by atoms with E-state index in [1.807, 2.05) is 0 Å². The van der Waals surface area contributed by atoms with Gasteiger partial charge in [-0.2, -0.15) is 0 Å². The highest BCUT2D eigenvalue weighted by Gasteiger charge is 2.57. The molecule has 2 heterocycles. The number of hydrogen-bond acceptors (Lipinski definition) is 7. The molecule has 0 spiro atoms. The van der Waals surface area contributed by atoms with Crippen LogP contribution in [0.25, 0.3) is 0 Å². The third kappa shape index (κ3) is 5.67. The number of primary amides is 1. The number of hydrogen-bond donors (Lipinski definition) is 3. The van der Waals surface area contributed by atoms with Crippen LogP contribution in [-0.4, -0.2) is 65.2 Å². The average molecular weight is 568 g/mol. The molecule has 4 N–H and O–H groups in total. The molecule has 2 aromatic carbocycles. The number of anilines is 3. The Hall–Kier alpha value is -4.62. The number of methoxy groups -OCH3 is 1. The lowest BCUT2D eigenvalue weighted by Gasteiger charge is -2.27. The average Bonchev–Trinajstić information content (AvgIpc) is 3.68. The van der Waals surface area contributed by atoms with E-state index in [0.29, 0.717) is 0 Å². The second-order valence-electron chi connectivity index (χ2n) is 9.83. The lowest BCUT2D eigenvalue weighted by atomic mass is 10.0. The van der Waals surface area contributed by atoms with Gasteiger partial charge >= 0.3 is 6.03 Å². The van der Waals surface area contributed by atoms with Crippen molar-refractivity contribution in [3.8, 4) is 11.5 Å². The molecule has 1 aromatic heterocycles. The molecule has 13 heteroatoms. The summed E-state index contributed by atoms with van der Waals surface area (Å²) in [6.07, 6.45) is 0.564. The van der Waals surface area contributed by atoms with Gasteiger partial charge < -0.3 is 25.2 Å². The second-order valence-corrected chi connectivity index (χ2v) is 9.83. The normalized spacial score (nSPS) is 19.0. The van der Waals surface area contributed by atoms with Gasteiger partial charge in [-0.15, -0.1) is 0 Å². The van der Waals surface area contributed by atoms with Crippen molar-refractivity contribution < 1.29 is 37.7 Å². The van der Waals surface area contributed by atoms with Crippen LogP contribution >= 0.6 is 0 Å². The topological polar surface area (TPSA) is 147 Å². The number of rotatable bonds is 8. The molecule has 2 atom stereocenters. The first-order chi connectivity index (χ1) is 19.6. The monoisotopic (exact) mass is 567 g/mol. The number of nitrogens with one attached hydrogen (secondary N) is 1. The summed E-state index contributed by atoms with van der Waals surface area (Å²) < 4.78 is 40.0. The highest BCUT2D eigenvalue weighted by Crippen LogP contribution is 2.49. The quantitative estimate of drug-likeness (QED) is 0.354. The van der Waals surface area contributed by atoms with Crippen LogP contribution in [0.3, 0.4) is 0 Å². The molecule has 4 amide bonds.